The molecule has 0 aromatic carbocycles. The predicted octanol–water partition coefficient (Wildman–Crippen LogP) is 3.68. The van der Waals surface area contributed by atoms with E-state index in [1.165, 1.54) is 0 Å². The van der Waals surface area contributed by atoms with Crippen molar-refractivity contribution in [3.63, 3.8) is 0 Å². The maximum Gasteiger partial charge on any atom is 0.153 e. The van der Waals surface area contributed by atoms with Gasteiger partial charge >= 0.3 is 0 Å². The lowest BCUT2D eigenvalue weighted by Crippen LogP contribution is -2.08. The van der Waals surface area contributed by atoms with E-state index in [0.717, 1.165) is 16.6 Å². The van der Waals surface area contributed by atoms with E-state index in [0.29, 0.717) is 15.9 Å². The van der Waals surface area contributed by atoms with E-state index in [-0.39, 0.29) is 16.9 Å². The van der Waals surface area contributed by atoms with Crippen LogP contribution in [0.5, 0.6) is 0 Å². The molecule has 0 saturated heterocycles. The third-order valence-electron chi connectivity index (χ3n) is 3.23. The van der Waals surface area contributed by atoms with Crippen molar-refractivity contribution in [1.29, 1.82) is 0 Å². The summed E-state index contributed by atoms with van der Waals surface area (Å²) in [5, 5.41) is 1.60. The standard InChI is InChI=1S/C13H11Cl2N5S/c1-5(13-19-11(15)9(21)12(16)20-13)7-4-6-2-3-17-8(6)10(14)18-7/h2-5,17,21H,1H3,(H2,16,19,20). The molecule has 108 valence electrons. The number of aromatic nitrogens is 4. The largest absolute Gasteiger partial charge is 0.383 e. The molecular formula is C13H11Cl2N5S. The van der Waals surface area contributed by atoms with Gasteiger partial charge in [0.2, 0.25) is 0 Å². The molecule has 0 aliphatic heterocycles. The number of fused-ring (bicyclic) bond motifs is 1. The fourth-order valence-electron chi connectivity index (χ4n) is 2.05. The third-order valence-corrected chi connectivity index (χ3v) is 4.35. The van der Waals surface area contributed by atoms with Crippen molar-refractivity contribution in [1.82, 2.24) is 19.9 Å². The van der Waals surface area contributed by atoms with Gasteiger partial charge in [0.15, 0.2) is 5.15 Å². The Bertz CT molecular complexity index is 810. The maximum atomic E-state index is 6.18. The number of rotatable bonds is 2. The summed E-state index contributed by atoms with van der Waals surface area (Å²) < 4.78 is 0. The minimum Gasteiger partial charge on any atom is -0.383 e. The molecule has 0 aliphatic rings. The van der Waals surface area contributed by atoms with E-state index in [4.69, 9.17) is 28.9 Å². The minimum absolute atomic E-state index is 0.199. The molecule has 3 N–H and O–H groups in total. The summed E-state index contributed by atoms with van der Waals surface area (Å²) in [4.78, 5) is 16.2. The Labute approximate surface area is 136 Å². The van der Waals surface area contributed by atoms with Gasteiger partial charge in [-0.25, -0.2) is 15.0 Å². The van der Waals surface area contributed by atoms with Crippen LogP contribution in [0.3, 0.4) is 0 Å². The minimum atomic E-state index is -0.199. The fourth-order valence-corrected chi connectivity index (χ4v) is 2.59. The lowest BCUT2D eigenvalue weighted by Gasteiger charge is -2.12. The van der Waals surface area contributed by atoms with Gasteiger partial charge in [0, 0.05) is 11.6 Å². The van der Waals surface area contributed by atoms with E-state index < -0.39 is 0 Å². The first kappa shape index (κ1) is 14.4. The van der Waals surface area contributed by atoms with Gasteiger partial charge in [-0.1, -0.05) is 23.2 Å². The number of thiol groups is 1. The summed E-state index contributed by atoms with van der Waals surface area (Å²) in [6.45, 7) is 1.92. The number of hydrogen-bond acceptors (Lipinski definition) is 5. The smallest absolute Gasteiger partial charge is 0.153 e. The van der Waals surface area contributed by atoms with E-state index in [1.807, 2.05) is 25.3 Å². The monoisotopic (exact) mass is 339 g/mol. The van der Waals surface area contributed by atoms with Crippen molar-refractivity contribution in [2.75, 3.05) is 5.73 Å². The molecule has 3 aromatic rings. The molecule has 3 aromatic heterocycles. The number of nitrogens with one attached hydrogen (secondary N) is 1. The Kier molecular flexibility index (Phi) is 3.69. The number of halogens is 2. The van der Waals surface area contributed by atoms with Crippen molar-refractivity contribution < 1.29 is 0 Å². The highest BCUT2D eigenvalue weighted by Gasteiger charge is 2.18. The number of hydrogen-bond donors (Lipinski definition) is 3. The van der Waals surface area contributed by atoms with E-state index >= 15 is 0 Å². The summed E-state index contributed by atoms with van der Waals surface area (Å²) >= 11 is 16.3. The number of nitrogen functional groups attached to an aromatic ring is 1. The van der Waals surface area contributed by atoms with Crippen molar-refractivity contribution in [3.8, 4) is 0 Å². The molecule has 5 nitrogen and oxygen atoms in total. The van der Waals surface area contributed by atoms with Gasteiger partial charge in [-0.15, -0.1) is 12.6 Å². The SMILES string of the molecule is CC(c1cc2cc[nH]c2c(Cl)n1)c1nc(N)c(S)c(Cl)n1. The van der Waals surface area contributed by atoms with Gasteiger partial charge in [-0.2, -0.15) is 0 Å². The zero-order valence-electron chi connectivity index (χ0n) is 10.9. The Balaban J connectivity index is 2.09. The predicted molar refractivity (Wildman–Crippen MR) is 87.3 cm³/mol. The van der Waals surface area contributed by atoms with Crippen LogP contribution < -0.4 is 5.73 Å². The second kappa shape index (κ2) is 5.36. The van der Waals surface area contributed by atoms with Crippen molar-refractivity contribution in [3.05, 3.63) is 40.2 Å². The van der Waals surface area contributed by atoms with Gasteiger partial charge in [0.05, 0.1) is 22.0 Å². The van der Waals surface area contributed by atoms with Crippen LogP contribution >= 0.6 is 35.8 Å². The van der Waals surface area contributed by atoms with Crippen LogP contribution in [0, 0.1) is 0 Å². The topological polar surface area (TPSA) is 80.5 Å². The van der Waals surface area contributed by atoms with Crippen LogP contribution in [-0.2, 0) is 0 Å². The van der Waals surface area contributed by atoms with Crippen LogP contribution in [0.15, 0.2) is 23.2 Å². The summed E-state index contributed by atoms with van der Waals surface area (Å²) in [6, 6.07) is 3.86. The normalized spacial score (nSPS) is 12.8. The highest BCUT2D eigenvalue weighted by atomic mass is 35.5. The second-order valence-corrected chi connectivity index (χ2v) is 5.77. The number of H-pyrrole nitrogens is 1. The molecule has 8 heteroatoms. The quantitative estimate of drug-likeness (QED) is 0.378. The number of anilines is 1. The van der Waals surface area contributed by atoms with Crippen molar-refractivity contribution >= 4 is 52.6 Å². The van der Waals surface area contributed by atoms with E-state index in [2.05, 4.69) is 32.6 Å². The van der Waals surface area contributed by atoms with E-state index in [9.17, 15) is 0 Å². The number of pyridine rings is 1. The molecule has 3 heterocycles. The van der Waals surface area contributed by atoms with Crippen LogP contribution in [-0.4, -0.2) is 19.9 Å². The van der Waals surface area contributed by atoms with Gasteiger partial charge in [0.1, 0.15) is 16.8 Å². The van der Waals surface area contributed by atoms with Crippen LogP contribution in [0.2, 0.25) is 10.3 Å². The molecule has 0 aliphatic carbocycles. The number of nitrogens with zero attached hydrogens (tertiary/aromatic N) is 3. The lowest BCUT2D eigenvalue weighted by atomic mass is 10.1. The summed E-state index contributed by atoms with van der Waals surface area (Å²) in [5.41, 5.74) is 7.33. The Hall–Kier alpha value is -1.50. The van der Waals surface area contributed by atoms with Crippen LogP contribution in [0.1, 0.15) is 24.4 Å². The molecule has 0 radical (unpaired) electrons. The average Bonchev–Trinajstić information content (AvgIpc) is 2.92. The van der Waals surface area contributed by atoms with Crippen molar-refractivity contribution in [2.24, 2.45) is 0 Å². The van der Waals surface area contributed by atoms with Gasteiger partial charge in [0.25, 0.3) is 0 Å². The Morgan fingerprint density at radius 2 is 2.00 bits per heavy atom. The highest BCUT2D eigenvalue weighted by molar-refractivity contribution is 7.80. The third kappa shape index (κ3) is 2.54. The second-order valence-electron chi connectivity index (χ2n) is 4.61. The first-order chi connectivity index (χ1) is 9.97. The first-order valence-electron chi connectivity index (χ1n) is 6.12. The lowest BCUT2D eigenvalue weighted by molar-refractivity contribution is 0.785. The summed E-state index contributed by atoms with van der Waals surface area (Å²) in [6.07, 6.45) is 1.81. The fraction of sp³-hybridized carbons (Fsp3) is 0.154. The van der Waals surface area contributed by atoms with E-state index in [1.54, 1.807) is 0 Å². The molecule has 0 spiro atoms. The van der Waals surface area contributed by atoms with Crippen LogP contribution in [0.25, 0.3) is 10.9 Å². The average molecular weight is 340 g/mol. The van der Waals surface area contributed by atoms with Gasteiger partial charge in [-0.05, 0) is 19.1 Å². The van der Waals surface area contributed by atoms with Crippen molar-refractivity contribution in [2.45, 2.75) is 17.7 Å². The number of nitrogens with two attached hydrogens (primary N) is 1. The zero-order chi connectivity index (χ0) is 15.1. The molecule has 0 amide bonds. The van der Waals surface area contributed by atoms with Gasteiger partial charge < -0.3 is 10.7 Å². The molecular weight excluding hydrogens is 329 g/mol. The summed E-state index contributed by atoms with van der Waals surface area (Å²) in [7, 11) is 0. The maximum absolute atomic E-state index is 6.18. The van der Waals surface area contributed by atoms with Gasteiger partial charge in [-0.3, -0.25) is 0 Å². The first-order valence-corrected chi connectivity index (χ1v) is 7.33. The van der Waals surface area contributed by atoms with Crippen LogP contribution in [0.4, 0.5) is 5.82 Å². The molecule has 0 saturated carbocycles. The Morgan fingerprint density at radius 1 is 1.24 bits per heavy atom. The zero-order valence-corrected chi connectivity index (χ0v) is 13.3. The molecule has 1 atom stereocenters. The summed E-state index contributed by atoms with van der Waals surface area (Å²) in [5.74, 6) is 0.526. The highest BCUT2D eigenvalue weighted by Crippen LogP contribution is 2.30. The Morgan fingerprint density at radius 3 is 2.71 bits per heavy atom. The molecule has 1 unspecified atom stereocenters. The molecule has 3 rings (SSSR count). The molecule has 21 heavy (non-hydrogen) atoms. The molecule has 0 fully saturated rings. The number of aromatic amines is 1. The molecule has 0 bridgehead atoms.